The van der Waals surface area contributed by atoms with Crippen LogP contribution in [0.5, 0.6) is 23.0 Å². The molecule has 0 saturated carbocycles. The molecule has 2 heterocycles. The summed E-state index contributed by atoms with van der Waals surface area (Å²) in [6.45, 7) is 0.300. The molecular weight excluding hydrogens is 440 g/mol. The number of hydrogen-bond acceptors (Lipinski definition) is 7. The van der Waals surface area contributed by atoms with Crippen LogP contribution in [-0.2, 0) is 20.6 Å². The Morgan fingerprint density at radius 3 is 1.97 bits per heavy atom. The molecule has 10 heteroatoms. The lowest BCUT2D eigenvalue weighted by molar-refractivity contribution is 0.354. The second-order valence-electron chi connectivity index (χ2n) is 7.66. The number of rotatable bonds is 7. The fourth-order valence-corrected chi connectivity index (χ4v) is 3.96. The van der Waals surface area contributed by atoms with Crippen molar-refractivity contribution in [3.05, 3.63) is 62.8 Å². The minimum Gasteiger partial charge on any atom is -0.493 e. The number of aryl methyl sites for hydroxylation is 1. The van der Waals surface area contributed by atoms with Crippen LogP contribution in [0.25, 0.3) is 22.6 Å². The Labute approximate surface area is 195 Å². The molecule has 0 unspecified atom stereocenters. The Kier molecular flexibility index (Phi) is 6.06. The molecule has 0 amide bonds. The first-order valence-electron chi connectivity index (χ1n) is 10.4. The summed E-state index contributed by atoms with van der Waals surface area (Å²) in [5.41, 5.74) is 1.27. The largest absolute Gasteiger partial charge is 0.493 e. The van der Waals surface area contributed by atoms with Gasteiger partial charge in [0.25, 0.3) is 5.56 Å². The van der Waals surface area contributed by atoms with Gasteiger partial charge in [-0.3, -0.25) is 13.9 Å². The predicted octanol–water partition coefficient (Wildman–Crippen LogP) is 2.18. The summed E-state index contributed by atoms with van der Waals surface area (Å²) in [6.07, 6.45) is 0. The van der Waals surface area contributed by atoms with Gasteiger partial charge in [-0.15, -0.1) is 0 Å². The molecule has 0 saturated heterocycles. The van der Waals surface area contributed by atoms with E-state index in [1.807, 2.05) is 18.2 Å². The zero-order valence-electron chi connectivity index (χ0n) is 19.9. The van der Waals surface area contributed by atoms with Crippen molar-refractivity contribution in [2.24, 2.45) is 14.1 Å². The molecule has 2 aromatic carbocycles. The number of imidazole rings is 1. The number of ether oxygens (including phenoxy) is 4. The van der Waals surface area contributed by atoms with Crippen LogP contribution in [0.3, 0.4) is 0 Å². The van der Waals surface area contributed by atoms with Gasteiger partial charge in [0.05, 0.1) is 35.0 Å². The number of methoxy groups -OCH3 is 4. The Bertz CT molecular complexity index is 1500. The molecule has 0 aliphatic rings. The summed E-state index contributed by atoms with van der Waals surface area (Å²) in [7, 11) is 9.29. The summed E-state index contributed by atoms with van der Waals surface area (Å²) >= 11 is 0. The van der Waals surface area contributed by atoms with Gasteiger partial charge in [-0.2, -0.15) is 0 Å². The van der Waals surface area contributed by atoms with Gasteiger partial charge in [-0.05, 0) is 35.9 Å². The van der Waals surface area contributed by atoms with Gasteiger partial charge in [-0.25, -0.2) is 9.78 Å². The summed E-state index contributed by atoms with van der Waals surface area (Å²) < 4.78 is 25.8. The van der Waals surface area contributed by atoms with Crippen molar-refractivity contribution in [1.29, 1.82) is 0 Å². The van der Waals surface area contributed by atoms with Crippen molar-refractivity contribution < 1.29 is 18.9 Å². The minimum absolute atomic E-state index is 0.290. The molecule has 0 bridgehead atoms. The molecule has 4 aromatic rings. The maximum Gasteiger partial charge on any atom is 0.332 e. The third-order valence-electron chi connectivity index (χ3n) is 5.78. The Balaban J connectivity index is 2.01. The van der Waals surface area contributed by atoms with E-state index in [1.54, 1.807) is 58.3 Å². The summed E-state index contributed by atoms with van der Waals surface area (Å²) in [5, 5.41) is 0. The van der Waals surface area contributed by atoms with Crippen LogP contribution in [0.4, 0.5) is 0 Å². The standard InChI is InChI=1S/C24H26N4O6/c1-26-22-20(23(29)27(2)24(26)30)28(13-14-7-9-16(31-3)18(11-14)33-5)21(25-22)15-8-10-17(32-4)19(12-15)34-6/h7-12H,13H2,1-6H3. The molecule has 0 radical (unpaired) electrons. The quantitative estimate of drug-likeness (QED) is 0.412. The third kappa shape index (κ3) is 3.66. The van der Waals surface area contributed by atoms with Crippen LogP contribution in [-0.4, -0.2) is 47.1 Å². The second-order valence-corrected chi connectivity index (χ2v) is 7.66. The van der Waals surface area contributed by atoms with E-state index in [0.717, 1.165) is 10.1 Å². The first-order chi connectivity index (χ1) is 16.3. The van der Waals surface area contributed by atoms with Crippen LogP contribution in [0.15, 0.2) is 46.0 Å². The second kappa shape index (κ2) is 8.97. The molecule has 0 spiro atoms. The van der Waals surface area contributed by atoms with Gasteiger partial charge < -0.3 is 23.5 Å². The van der Waals surface area contributed by atoms with Crippen LogP contribution < -0.4 is 30.2 Å². The zero-order valence-corrected chi connectivity index (χ0v) is 19.9. The number of benzene rings is 2. The van der Waals surface area contributed by atoms with Crippen LogP contribution in [0, 0.1) is 0 Å². The first-order valence-corrected chi connectivity index (χ1v) is 10.4. The lowest BCUT2D eigenvalue weighted by Gasteiger charge is -2.14. The number of aromatic nitrogens is 4. The van der Waals surface area contributed by atoms with Gasteiger partial charge in [0.1, 0.15) is 5.82 Å². The van der Waals surface area contributed by atoms with E-state index in [-0.39, 0.29) is 0 Å². The molecule has 10 nitrogen and oxygen atoms in total. The van der Waals surface area contributed by atoms with Crippen LogP contribution in [0.1, 0.15) is 5.56 Å². The summed E-state index contributed by atoms with van der Waals surface area (Å²) in [5.74, 6) is 2.75. The zero-order chi connectivity index (χ0) is 24.6. The van der Waals surface area contributed by atoms with Crippen LogP contribution >= 0.6 is 0 Å². The molecule has 0 aliphatic heterocycles. The van der Waals surface area contributed by atoms with E-state index in [0.29, 0.717) is 52.1 Å². The van der Waals surface area contributed by atoms with Gasteiger partial charge >= 0.3 is 5.69 Å². The highest BCUT2D eigenvalue weighted by molar-refractivity contribution is 5.78. The molecule has 0 aliphatic carbocycles. The van der Waals surface area contributed by atoms with E-state index in [9.17, 15) is 9.59 Å². The molecule has 0 N–H and O–H groups in total. The fraction of sp³-hybridized carbons (Fsp3) is 0.292. The van der Waals surface area contributed by atoms with E-state index in [1.165, 1.54) is 11.6 Å². The molecule has 0 fully saturated rings. The predicted molar refractivity (Wildman–Crippen MR) is 127 cm³/mol. The van der Waals surface area contributed by atoms with Crippen molar-refractivity contribution >= 4 is 11.2 Å². The van der Waals surface area contributed by atoms with Crippen LogP contribution in [0.2, 0.25) is 0 Å². The number of fused-ring (bicyclic) bond motifs is 1. The topological polar surface area (TPSA) is 98.7 Å². The summed E-state index contributed by atoms with van der Waals surface area (Å²) in [4.78, 5) is 30.5. The molecule has 34 heavy (non-hydrogen) atoms. The SMILES string of the molecule is COc1ccc(Cn2c(-c3ccc(OC)c(OC)c3)nc3c2c(=O)n(C)c(=O)n3C)cc1OC. The maximum absolute atomic E-state index is 13.2. The van der Waals surface area contributed by atoms with Gasteiger partial charge in [0.15, 0.2) is 34.2 Å². The van der Waals surface area contributed by atoms with Crippen molar-refractivity contribution in [2.45, 2.75) is 6.54 Å². The van der Waals surface area contributed by atoms with Crippen molar-refractivity contribution in [2.75, 3.05) is 28.4 Å². The maximum atomic E-state index is 13.2. The Morgan fingerprint density at radius 2 is 1.35 bits per heavy atom. The Hall–Kier alpha value is -4.21. The monoisotopic (exact) mass is 466 g/mol. The van der Waals surface area contributed by atoms with Crippen molar-refractivity contribution in [1.82, 2.24) is 18.7 Å². The Morgan fingerprint density at radius 1 is 0.765 bits per heavy atom. The molecule has 178 valence electrons. The van der Waals surface area contributed by atoms with E-state index >= 15 is 0 Å². The third-order valence-corrected chi connectivity index (χ3v) is 5.78. The molecular formula is C24H26N4O6. The van der Waals surface area contributed by atoms with Crippen molar-refractivity contribution in [3.8, 4) is 34.4 Å². The average molecular weight is 466 g/mol. The van der Waals surface area contributed by atoms with E-state index < -0.39 is 11.2 Å². The van der Waals surface area contributed by atoms with Gasteiger partial charge in [0.2, 0.25) is 0 Å². The van der Waals surface area contributed by atoms with Crippen molar-refractivity contribution in [3.63, 3.8) is 0 Å². The van der Waals surface area contributed by atoms with E-state index in [4.69, 9.17) is 23.9 Å². The van der Waals surface area contributed by atoms with E-state index in [2.05, 4.69) is 0 Å². The minimum atomic E-state index is -0.452. The average Bonchev–Trinajstić information content (AvgIpc) is 3.24. The smallest absolute Gasteiger partial charge is 0.332 e. The normalized spacial score (nSPS) is 11.0. The highest BCUT2D eigenvalue weighted by Gasteiger charge is 2.21. The molecule has 4 rings (SSSR count). The lowest BCUT2D eigenvalue weighted by Crippen LogP contribution is -2.37. The fourth-order valence-electron chi connectivity index (χ4n) is 3.96. The first kappa shape index (κ1) is 23.0. The molecule has 2 aromatic heterocycles. The number of nitrogens with zero attached hydrogens (tertiary/aromatic N) is 4. The molecule has 0 atom stereocenters. The number of hydrogen-bond donors (Lipinski definition) is 0. The lowest BCUT2D eigenvalue weighted by atomic mass is 10.1. The highest BCUT2D eigenvalue weighted by atomic mass is 16.5. The summed E-state index contributed by atoms with van der Waals surface area (Å²) in [6, 6.07) is 10.9. The van der Waals surface area contributed by atoms with Gasteiger partial charge in [-0.1, -0.05) is 6.07 Å². The van der Waals surface area contributed by atoms with Gasteiger partial charge in [0, 0.05) is 19.7 Å². The highest BCUT2D eigenvalue weighted by Crippen LogP contribution is 2.34.